The summed E-state index contributed by atoms with van der Waals surface area (Å²) in [5.41, 5.74) is -0.104. The van der Waals surface area contributed by atoms with Gasteiger partial charge in [-0.2, -0.15) is 0 Å². The number of alkyl halides is 2. The van der Waals surface area contributed by atoms with Crippen LogP contribution in [0.4, 0.5) is 17.6 Å². The Kier molecular flexibility index (Phi) is 6.72. The second-order valence-corrected chi connectivity index (χ2v) is 9.56. The van der Waals surface area contributed by atoms with E-state index >= 15 is 0 Å². The van der Waals surface area contributed by atoms with Gasteiger partial charge in [-0.15, -0.1) is 0 Å². The van der Waals surface area contributed by atoms with Crippen molar-refractivity contribution in [2.24, 2.45) is 0 Å². The molecule has 1 atom stereocenters. The van der Waals surface area contributed by atoms with Gasteiger partial charge in [0, 0.05) is 50.7 Å². The van der Waals surface area contributed by atoms with Crippen molar-refractivity contribution in [3.63, 3.8) is 0 Å². The van der Waals surface area contributed by atoms with Crippen LogP contribution in [0.3, 0.4) is 0 Å². The molecule has 1 fully saturated rings. The number of aromatic nitrogens is 2. The zero-order valence-corrected chi connectivity index (χ0v) is 20.2. The molecule has 10 heteroatoms. The van der Waals surface area contributed by atoms with E-state index in [-0.39, 0.29) is 16.9 Å². The number of fused-ring (bicyclic) bond motifs is 2. The molecule has 2 aromatic heterocycles. The number of likely N-dealkylation sites (tertiary alicyclic amines) is 1. The quantitative estimate of drug-likeness (QED) is 0.494. The van der Waals surface area contributed by atoms with Crippen LogP contribution in [0.1, 0.15) is 47.7 Å². The molecule has 194 valence electrons. The Balaban J connectivity index is 1.35. The van der Waals surface area contributed by atoms with Gasteiger partial charge in [0.25, 0.3) is 6.43 Å². The summed E-state index contributed by atoms with van der Waals surface area (Å²) >= 11 is 0. The highest BCUT2D eigenvalue weighted by atomic mass is 19.3. The Morgan fingerprint density at radius 2 is 1.92 bits per heavy atom. The Morgan fingerprint density at radius 1 is 1.14 bits per heavy atom. The van der Waals surface area contributed by atoms with Gasteiger partial charge in [-0.25, -0.2) is 17.6 Å². The minimum absolute atomic E-state index is 0.173. The number of hydrogen-bond donors (Lipinski definition) is 1. The van der Waals surface area contributed by atoms with Crippen molar-refractivity contribution in [2.75, 3.05) is 13.1 Å². The van der Waals surface area contributed by atoms with E-state index in [1.165, 1.54) is 17.8 Å². The highest BCUT2D eigenvalue weighted by Crippen LogP contribution is 2.44. The Bertz CT molecular complexity index is 1300. The lowest BCUT2D eigenvalue weighted by atomic mass is 9.84. The number of pyridine rings is 2. The van der Waals surface area contributed by atoms with Crippen LogP contribution in [0.15, 0.2) is 55.0 Å². The average molecular weight is 515 g/mol. The topological polar surface area (TPSA) is 67.4 Å². The molecule has 37 heavy (non-hydrogen) atoms. The van der Waals surface area contributed by atoms with Gasteiger partial charge in [-0.1, -0.05) is 12.1 Å². The van der Waals surface area contributed by atoms with E-state index in [2.05, 4.69) is 20.2 Å². The van der Waals surface area contributed by atoms with Crippen LogP contribution >= 0.6 is 0 Å². The zero-order valence-electron chi connectivity index (χ0n) is 20.2. The fourth-order valence-electron chi connectivity index (χ4n) is 5.34. The Morgan fingerprint density at radius 3 is 2.57 bits per heavy atom. The van der Waals surface area contributed by atoms with Gasteiger partial charge in [0.05, 0.1) is 17.9 Å². The van der Waals surface area contributed by atoms with Crippen molar-refractivity contribution in [1.29, 1.82) is 0 Å². The van der Waals surface area contributed by atoms with Gasteiger partial charge in [0.15, 0.2) is 17.2 Å². The largest absolute Gasteiger partial charge is 0.365 e. The Hall–Kier alpha value is -3.37. The summed E-state index contributed by atoms with van der Waals surface area (Å²) in [7, 11) is 0. The van der Waals surface area contributed by atoms with Crippen LogP contribution in [0.5, 0.6) is 0 Å². The van der Waals surface area contributed by atoms with E-state index in [1.54, 1.807) is 12.3 Å². The second kappa shape index (κ2) is 9.83. The van der Waals surface area contributed by atoms with E-state index in [4.69, 9.17) is 4.74 Å². The number of amides is 1. The molecule has 1 N–H and O–H groups in total. The minimum Gasteiger partial charge on any atom is -0.365 e. The lowest BCUT2D eigenvalue weighted by Gasteiger charge is -2.39. The number of rotatable bonds is 6. The molecule has 0 radical (unpaired) electrons. The van der Waals surface area contributed by atoms with E-state index in [9.17, 15) is 22.4 Å². The maximum Gasteiger partial charge on any atom is 0.271 e. The first-order valence-corrected chi connectivity index (χ1v) is 12.0. The highest BCUT2D eigenvalue weighted by Gasteiger charge is 2.46. The lowest BCUT2D eigenvalue weighted by molar-refractivity contribution is -0.122. The molecule has 2 aliphatic heterocycles. The summed E-state index contributed by atoms with van der Waals surface area (Å²) in [6.07, 6.45) is 3.58. The summed E-state index contributed by atoms with van der Waals surface area (Å²) in [6, 6.07) is 7.49. The molecule has 1 spiro atoms. The van der Waals surface area contributed by atoms with Gasteiger partial charge in [0.1, 0.15) is 0 Å². The summed E-state index contributed by atoms with van der Waals surface area (Å²) in [5, 5.41) is 2.24. The molecule has 0 bridgehead atoms. The van der Waals surface area contributed by atoms with Gasteiger partial charge >= 0.3 is 0 Å². The molecule has 1 saturated heterocycles. The third-order valence-corrected chi connectivity index (χ3v) is 7.28. The number of carbonyl (C=O) groups is 1. The maximum absolute atomic E-state index is 14.5. The van der Waals surface area contributed by atoms with Crippen molar-refractivity contribution < 1.29 is 27.1 Å². The zero-order chi connectivity index (χ0) is 26.2. The van der Waals surface area contributed by atoms with Crippen molar-refractivity contribution in [1.82, 2.24) is 20.2 Å². The smallest absolute Gasteiger partial charge is 0.271 e. The fraction of sp³-hybridized carbons (Fsp3) is 0.370. The molecular weight excluding hydrogens is 488 g/mol. The first-order valence-electron chi connectivity index (χ1n) is 12.0. The lowest BCUT2D eigenvalue weighted by Crippen LogP contribution is -2.52. The van der Waals surface area contributed by atoms with Crippen molar-refractivity contribution >= 4 is 5.91 Å². The van der Waals surface area contributed by atoms with Crippen LogP contribution < -0.4 is 5.32 Å². The molecule has 1 aromatic carbocycles. The van der Waals surface area contributed by atoms with Crippen LogP contribution in [-0.2, 0) is 33.8 Å². The summed E-state index contributed by atoms with van der Waals surface area (Å²) < 4.78 is 62.8. The number of piperidine rings is 1. The third-order valence-electron chi connectivity index (χ3n) is 7.28. The molecule has 6 nitrogen and oxygen atoms in total. The van der Waals surface area contributed by atoms with Crippen molar-refractivity contribution in [3.05, 3.63) is 94.6 Å². The van der Waals surface area contributed by atoms with E-state index in [0.717, 1.165) is 56.1 Å². The van der Waals surface area contributed by atoms with Crippen molar-refractivity contribution in [2.45, 2.75) is 50.5 Å². The van der Waals surface area contributed by atoms with Crippen LogP contribution in [0, 0.1) is 11.6 Å². The van der Waals surface area contributed by atoms with Crippen LogP contribution in [0.2, 0.25) is 0 Å². The van der Waals surface area contributed by atoms with Gasteiger partial charge < -0.3 is 10.1 Å². The summed E-state index contributed by atoms with van der Waals surface area (Å²) in [5.74, 6) is -3.23. The predicted molar refractivity (Wildman–Crippen MR) is 126 cm³/mol. The van der Waals surface area contributed by atoms with E-state index in [0.29, 0.717) is 19.2 Å². The monoisotopic (exact) mass is 514 g/mol. The van der Waals surface area contributed by atoms with Gasteiger partial charge in [-0.05, 0) is 53.8 Å². The average Bonchev–Trinajstić information content (AvgIpc) is 3.24. The number of hydrogen-bond acceptors (Lipinski definition) is 5. The number of nitrogens with one attached hydrogen (secondary N) is 1. The minimum atomic E-state index is -3.18. The van der Waals surface area contributed by atoms with Crippen LogP contribution in [0.25, 0.3) is 0 Å². The first-order chi connectivity index (χ1) is 17.7. The normalized spacial score (nSPS) is 18.5. The number of carbonyl (C=O) groups excluding carboxylic acids is 1. The predicted octanol–water partition coefficient (Wildman–Crippen LogP) is 4.42. The number of nitrogens with zero attached hydrogens (tertiary/aromatic N) is 3. The van der Waals surface area contributed by atoms with Gasteiger partial charge in [0.2, 0.25) is 5.91 Å². The highest BCUT2D eigenvalue weighted by molar-refractivity contribution is 5.75. The van der Waals surface area contributed by atoms with Gasteiger partial charge in [-0.3, -0.25) is 19.7 Å². The first kappa shape index (κ1) is 25.3. The molecule has 2 aliphatic rings. The molecule has 4 heterocycles. The van der Waals surface area contributed by atoms with Crippen molar-refractivity contribution in [3.8, 4) is 0 Å². The number of ether oxygens (including phenoxy) is 1. The molecule has 0 saturated carbocycles. The standard InChI is InChI=1S/C27H26F4N4O2/c1-17(36)34-27(25(30)31,20-3-4-22(28)23(29)12-20)24-5-2-18(13-33-24)15-35-10-7-26(8-11-35)21-14-32-9-6-19(21)16-37-26/h2-6,9,12-14,25H,7-8,10-11,15-16H2,1H3,(H,34,36). The molecular formula is C27H26F4N4O2. The van der Waals surface area contributed by atoms with Crippen LogP contribution in [-0.4, -0.2) is 40.3 Å². The van der Waals surface area contributed by atoms with E-state index in [1.807, 2.05) is 12.3 Å². The second-order valence-electron chi connectivity index (χ2n) is 9.56. The molecule has 0 aliphatic carbocycles. The maximum atomic E-state index is 14.5. The third kappa shape index (κ3) is 4.59. The molecule has 3 aromatic rings. The number of halogens is 4. The SMILES string of the molecule is CC(=O)NC(c1ccc(F)c(F)c1)(c1ccc(CN2CCC3(CC2)OCc2ccncc23)cn1)C(F)F. The molecule has 1 amide bonds. The molecule has 1 unspecified atom stereocenters. The fourth-order valence-corrected chi connectivity index (χ4v) is 5.34. The molecule has 5 rings (SSSR count). The number of benzene rings is 1. The summed E-state index contributed by atoms with van der Waals surface area (Å²) in [6.45, 7) is 3.77. The van der Waals surface area contributed by atoms with E-state index < -0.39 is 29.5 Å². The Labute approximate surface area is 211 Å². The summed E-state index contributed by atoms with van der Waals surface area (Å²) in [4.78, 5) is 22.7.